The van der Waals surface area contributed by atoms with Crippen LogP contribution in [0.2, 0.25) is 0 Å². The zero-order chi connectivity index (χ0) is 4.99. The lowest BCUT2D eigenvalue weighted by Gasteiger charge is -1.96. The van der Waals surface area contributed by atoms with E-state index < -0.39 is 0 Å². The Kier molecular flexibility index (Phi) is 3.68. The molecule has 0 radical (unpaired) electrons. The van der Waals surface area contributed by atoms with E-state index in [0.717, 1.165) is 5.75 Å². The van der Waals surface area contributed by atoms with Crippen molar-refractivity contribution in [2.45, 2.75) is 13.0 Å². The first-order valence-electron chi connectivity index (χ1n) is 2.02. The Hall–Kier alpha value is 0.310. The minimum absolute atomic E-state index is 0.361. The van der Waals surface area contributed by atoms with Crippen LogP contribution in [-0.4, -0.2) is 18.1 Å². The third kappa shape index (κ3) is 4.31. The highest BCUT2D eigenvalue weighted by atomic mass is 32.2. The summed E-state index contributed by atoms with van der Waals surface area (Å²) >= 11 is 1.78. The average molecular weight is 105 g/mol. The molecule has 0 rings (SSSR count). The molecule has 0 heterocycles. The molecule has 0 unspecified atom stereocenters. The van der Waals surface area contributed by atoms with Gasteiger partial charge in [-0.3, -0.25) is 0 Å². The lowest BCUT2D eigenvalue weighted by atomic mass is 10.4. The Morgan fingerprint density at radius 2 is 2.33 bits per heavy atom. The maximum absolute atomic E-state index is 5.38. The summed E-state index contributed by atoms with van der Waals surface area (Å²) in [4.78, 5) is 0. The first kappa shape index (κ1) is 6.31. The maximum Gasteiger partial charge on any atom is 0.0101 e. The topological polar surface area (TPSA) is 26.0 Å². The second-order valence-corrected chi connectivity index (χ2v) is 2.34. The van der Waals surface area contributed by atoms with E-state index in [1.54, 1.807) is 11.8 Å². The maximum atomic E-state index is 5.38. The Morgan fingerprint density at radius 3 is 2.33 bits per heavy atom. The first-order valence-corrected chi connectivity index (χ1v) is 3.41. The zero-order valence-electron chi connectivity index (χ0n) is 4.27. The lowest BCUT2D eigenvalue weighted by molar-refractivity contribution is 0.848. The highest BCUT2D eigenvalue weighted by molar-refractivity contribution is 7.98. The second-order valence-electron chi connectivity index (χ2n) is 1.43. The molecule has 1 atom stereocenters. The number of hydrogen-bond acceptors (Lipinski definition) is 2. The van der Waals surface area contributed by atoms with E-state index in [-0.39, 0.29) is 0 Å². The van der Waals surface area contributed by atoms with E-state index in [9.17, 15) is 0 Å². The standard InChI is InChI=1S/C4H11NS/c1-4(5)3-6-2/h4H,3,5H2,1-2H3/t4-/m1/s1. The van der Waals surface area contributed by atoms with Crippen LogP contribution in [0.4, 0.5) is 0 Å². The van der Waals surface area contributed by atoms with Crippen molar-refractivity contribution in [1.82, 2.24) is 0 Å². The fourth-order valence-electron chi connectivity index (χ4n) is 0.263. The molecule has 0 saturated heterocycles. The smallest absolute Gasteiger partial charge is 0.0101 e. The molecule has 2 N–H and O–H groups in total. The van der Waals surface area contributed by atoms with Crippen molar-refractivity contribution in [2.75, 3.05) is 12.0 Å². The van der Waals surface area contributed by atoms with Gasteiger partial charge in [0.25, 0.3) is 0 Å². The van der Waals surface area contributed by atoms with E-state index in [0.29, 0.717) is 6.04 Å². The molecule has 0 aliphatic heterocycles. The monoisotopic (exact) mass is 105 g/mol. The number of rotatable bonds is 2. The summed E-state index contributed by atoms with van der Waals surface area (Å²) in [6.45, 7) is 2.01. The van der Waals surface area contributed by atoms with Crippen molar-refractivity contribution in [3.05, 3.63) is 0 Å². The van der Waals surface area contributed by atoms with Crippen LogP contribution in [0.25, 0.3) is 0 Å². The van der Waals surface area contributed by atoms with Crippen molar-refractivity contribution in [1.29, 1.82) is 0 Å². The molecule has 0 bridgehead atoms. The summed E-state index contributed by atoms with van der Waals surface area (Å²) < 4.78 is 0. The van der Waals surface area contributed by atoms with Gasteiger partial charge in [0.05, 0.1) is 0 Å². The fourth-order valence-corrected chi connectivity index (χ4v) is 0.789. The molecule has 0 saturated carbocycles. The third-order valence-electron chi connectivity index (χ3n) is 0.430. The predicted octanol–water partition coefficient (Wildman–Crippen LogP) is 0.697. The van der Waals surface area contributed by atoms with E-state index in [1.165, 1.54) is 0 Å². The Bertz CT molecular complexity index is 28.7. The minimum Gasteiger partial charge on any atom is -0.327 e. The molecule has 6 heavy (non-hydrogen) atoms. The summed E-state index contributed by atoms with van der Waals surface area (Å²) in [5, 5.41) is 0. The SMILES string of the molecule is CSC[C@@H](C)N. The number of thioether (sulfide) groups is 1. The van der Waals surface area contributed by atoms with Crippen molar-refractivity contribution < 1.29 is 0 Å². The van der Waals surface area contributed by atoms with Crippen LogP contribution in [0.5, 0.6) is 0 Å². The van der Waals surface area contributed by atoms with Gasteiger partial charge < -0.3 is 5.73 Å². The Morgan fingerprint density at radius 1 is 1.83 bits per heavy atom. The van der Waals surface area contributed by atoms with Gasteiger partial charge >= 0.3 is 0 Å². The molecule has 0 spiro atoms. The molecule has 1 nitrogen and oxygen atoms in total. The van der Waals surface area contributed by atoms with E-state index in [1.807, 2.05) is 6.92 Å². The van der Waals surface area contributed by atoms with Gasteiger partial charge in [0.15, 0.2) is 0 Å². The Labute approximate surface area is 43.3 Å². The predicted molar refractivity (Wildman–Crippen MR) is 32.0 cm³/mol. The summed E-state index contributed by atoms with van der Waals surface area (Å²) in [5.41, 5.74) is 5.38. The van der Waals surface area contributed by atoms with Crippen molar-refractivity contribution in [3.8, 4) is 0 Å². The van der Waals surface area contributed by atoms with Gasteiger partial charge in [0.2, 0.25) is 0 Å². The minimum atomic E-state index is 0.361. The molecule has 0 aliphatic carbocycles. The molecule has 0 aromatic rings. The van der Waals surface area contributed by atoms with Crippen LogP contribution in [0, 0.1) is 0 Å². The van der Waals surface area contributed by atoms with Gasteiger partial charge in [-0.1, -0.05) is 0 Å². The van der Waals surface area contributed by atoms with Gasteiger partial charge in [0.1, 0.15) is 0 Å². The normalized spacial score (nSPS) is 14.5. The number of nitrogens with two attached hydrogens (primary N) is 1. The summed E-state index contributed by atoms with van der Waals surface area (Å²) in [6.07, 6.45) is 2.06. The van der Waals surface area contributed by atoms with Crippen LogP contribution >= 0.6 is 11.8 Å². The van der Waals surface area contributed by atoms with E-state index >= 15 is 0 Å². The summed E-state index contributed by atoms with van der Waals surface area (Å²) in [7, 11) is 0. The van der Waals surface area contributed by atoms with Crippen LogP contribution in [0.3, 0.4) is 0 Å². The molecule has 2 heteroatoms. The third-order valence-corrected chi connectivity index (χ3v) is 1.29. The largest absolute Gasteiger partial charge is 0.327 e. The van der Waals surface area contributed by atoms with Crippen LogP contribution in [0.15, 0.2) is 0 Å². The Balaban J connectivity index is 2.63. The zero-order valence-corrected chi connectivity index (χ0v) is 5.09. The van der Waals surface area contributed by atoms with Crippen molar-refractivity contribution >= 4 is 11.8 Å². The molecular weight excluding hydrogens is 94.1 g/mol. The summed E-state index contributed by atoms with van der Waals surface area (Å²) in [6, 6.07) is 0.361. The van der Waals surface area contributed by atoms with E-state index in [4.69, 9.17) is 5.73 Å². The van der Waals surface area contributed by atoms with Gasteiger partial charge in [-0.2, -0.15) is 11.8 Å². The van der Waals surface area contributed by atoms with Crippen LogP contribution in [-0.2, 0) is 0 Å². The van der Waals surface area contributed by atoms with E-state index in [2.05, 4.69) is 6.26 Å². The van der Waals surface area contributed by atoms with Gasteiger partial charge in [-0.25, -0.2) is 0 Å². The quantitative estimate of drug-likeness (QED) is 0.559. The van der Waals surface area contributed by atoms with Crippen LogP contribution < -0.4 is 5.73 Å². The second kappa shape index (κ2) is 3.50. The molecule has 0 aromatic heterocycles. The average Bonchev–Trinajstić information content (AvgIpc) is 1.35. The molecule has 0 amide bonds. The van der Waals surface area contributed by atoms with Gasteiger partial charge in [-0.05, 0) is 13.2 Å². The molecule has 0 aliphatic rings. The molecule has 38 valence electrons. The molecule has 0 fully saturated rings. The molecular formula is C4H11NS. The van der Waals surface area contributed by atoms with Crippen LogP contribution in [0.1, 0.15) is 6.92 Å². The molecule has 0 aromatic carbocycles. The highest BCUT2D eigenvalue weighted by Crippen LogP contribution is 1.91. The van der Waals surface area contributed by atoms with Crippen molar-refractivity contribution in [2.24, 2.45) is 5.73 Å². The first-order chi connectivity index (χ1) is 2.77. The highest BCUT2D eigenvalue weighted by Gasteiger charge is 1.85. The van der Waals surface area contributed by atoms with Crippen molar-refractivity contribution in [3.63, 3.8) is 0 Å². The summed E-state index contributed by atoms with van der Waals surface area (Å²) in [5.74, 6) is 1.07. The van der Waals surface area contributed by atoms with Gasteiger partial charge in [-0.15, -0.1) is 0 Å². The fraction of sp³-hybridized carbons (Fsp3) is 1.00. The number of hydrogen-bond donors (Lipinski definition) is 1. The lowest BCUT2D eigenvalue weighted by Crippen LogP contribution is -2.16. The van der Waals surface area contributed by atoms with Gasteiger partial charge in [0, 0.05) is 11.8 Å².